The number of thioether (sulfide) groups is 1. The summed E-state index contributed by atoms with van der Waals surface area (Å²) in [6.07, 6.45) is 7.20. The molecule has 3 atom stereocenters. The molecule has 0 saturated heterocycles. The number of hydrogen-bond acceptors (Lipinski definition) is 8. The normalized spacial score (nSPS) is 25.0. The van der Waals surface area contributed by atoms with Crippen LogP contribution in [-0.4, -0.2) is 50.4 Å². The zero-order valence-electron chi connectivity index (χ0n) is 18.8. The van der Waals surface area contributed by atoms with Crippen LogP contribution in [0.5, 0.6) is 5.88 Å². The Hall–Kier alpha value is -3.66. The van der Waals surface area contributed by atoms with Crippen molar-refractivity contribution in [3.05, 3.63) is 47.4 Å². The van der Waals surface area contributed by atoms with Crippen LogP contribution in [0.3, 0.4) is 0 Å². The molecule has 3 N–H and O–H groups in total. The van der Waals surface area contributed by atoms with E-state index in [0.29, 0.717) is 0 Å². The lowest BCUT2D eigenvalue weighted by Crippen LogP contribution is -2.45. The van der Waals surface area contributed by atoms with E-state index in [4.69, 9.17) is 16.9 Å². The predicted molar refractivity (Wildman–Crippen MR) is 126 cm³/mol. The summed E-state index contributed by atoms with van der Waals surface area (Å²) in [6, 6.07) is 1.35. The number of nitrogens with one attached hydrogen (secondary N) is 1. The molecule has 2 aliphatic rings. The molecule has 3 heterocycles. The van der Waals surface area contributed by atoms with Gasteiger partial charge >= 0.3 is 0 Å². The molecule has 1 amide bonds. The zero-order valence-corrected chi connectivity index (χ0v) is 19.7. The second-order valence-corrected chi connectivity index (χ2v) is 9.63. The lowest BCUT2D eigenvalue weighted by atomic mass is 9.86. The number of nitrogens with two attached hydrogens (primary N) is 1. The van der Waals surface area contributed by atoms with Gasteiger partial charge in [-0.05, 0) is 31.1 Å². The van der Waals surface area contributed by atoms with Crippen LogP contribution in [0.25, 0.3) is 11.9 Å². The second kappa shape index (κ2) is 9.77. The highest BCUT2D eigenvalue weighted by atomic mass is 32.2. The summed E-state index contributed by atoms with van der Waals surface area (Å²) in [5.41, 5.74) is 4.72. The lowest BCUT2D eigenvalue weighted by molar-refractivity contribution is -0.122. The monoisotopic (exact) mass is 520 g/mol. The number of rotatable bonds is 8. The first kappa shape index (κ1) is 25.4. The Morgan fingerprint density at radius 1 is 1.39 bits per heavy atom. The molecular weight excluding hydrogens is 500 g/mol. The number of amidine groups is 1. The molecule has 1 fully saturated rings. The van der Waals surface area contributed by atoms with Crippen LogP contribution in [0.1, 0.15) is 30.2 Å². The Labute approximate surface area is 207 Å². The predicted octanol–water partition coefficient (Wildman–Crippen LogP) is 2.91. The first-order valence-corrected chi connectivity index (χ1v) is 11.4. The maximum Gasteiger partial charge on any atom is 0.255 e. The smallest absolute Gasteiger partial charge is 0.255 e. The minimum atomic E-state index is -2.72. The molecule has 1 aliphatic carbocycles. The molecule has 13 heteroatoms. The first-order chi connectivity index (χ1) is 17.1. The number of terminal acetylenes is 1. The van der Waals surface area contributed by atoms with Crippen molar-refractivity contribution in [1.82, 2.24) is 20.3 Å². The van der Waals surface area contributed by atoms with Gasteiger partial charge in [-0.25, -0.2) is 28.1 Å². The van der Waals surface area contributed by atoms with Crippen LogP contribution >= 0.6 is 11.8 Å². The van der Waals surface area contributed by atoms with Gasteiger partial charge in [0, 0.05) is 17.7 Å². The Morgan fingerprint density at radius 2 is 2.17 bits per heavy atom. The lowest BCUT2D eigenvalue weighted by Gasteiger charge is -2.33. The van der Waals surface area contributed by atoms with Crippen molar-refractivity contribution in [2.45, 2.75) is 30.1 Å². The largest absolute Gasteiger partial charge is 0.463 e. The van der Waals surface area contributed by atoms with Gasteiger partial charge in [0.15, 0.2) is 17.6 Å². The van der Waals surface area contributed by atoms with Crippen LogP contribution in [0.15, 0.2) is 29.6 Å². The number of fused-ring (bicyclic) bond motifs is 1. The molecular formula is C23H20F4N6O2S. The van der Waals surface area contributed by atoms with Crippen molar-refractivity contribution in [3.63, 3.8) is 0 Å². The highest BCUT2D eigenvalue weighted by molar-refractivity contribution is 8.15. The molecule has 0 unspecified atom stereocenters. The number of ether oxygens (including phenoxy) is 1. The average Bonchev–Trinajstić information content (AvgIpc) is 3.59. The Bertz CT molecular complexity index is 1280. The molecule has 1 aliphatic heterocycles. The minimum absolute atomic E-state index is 0.00684. The summed E-state index contributed by atoms with van der Waals surface area (Å²) in [4.78, 5) is 28.6. The van der Waals surface area contributed by atoms with Crippen molar-refractivity contribution in [3.8, 4) is 18.2 Å². The zero-order chi connectivity index (χ0) is 26.1. The molecule has 0 bridgehead atoms. The fourth-order valence-electron chi connectivity index (χ4n) is 4.14. The maximum absolute atomic E-state index is 14.9. The summed E-state index contributed by atoms with van der Waals surface area (Å²) in [5, 5.41) is 2.22. The van der Waals surface area contributed by atoms with E-state index in [1.54, 1.807) is 6.92 Å². The summed E-state index contributed by atoms with van der Waals surface area (Å²) >= 11 is 0.963. The highest BCUT2D eigenvalue weighted by Gasteiger charge is 2.70. The first-order valence-electron chi connectivity index (χ1n) is 10.6. The SMILES string of the molecule is C#CCOc1cnc(/C(F)=C/c2cnc(F)c([C@@]3(C)N=C(N)S[C@@]4(C(=O)NCC(F)F)C[C@H]43)c2)cn1. The minimum Gasteiger partial charge on any atom is -0.463 e. The molecule has 0 aromatic carbocycles. The molecule has 2 aromatic rings. The van der Waals surface area contributed by atoms with Crippen LogP contribution in [0.4, 0.5) is 17.6 Å². The van der Waals surface area contributed by atoms with Crippen molar-refractivity contribution in [2.24, 2.45) is 16.6 Å². The number of carbonyl (C=O) groups excluding carboxylic acids is 1. The van der Waals surface area contributed by atoms with E-state index in [1.165, 1.54) is 12.3 Å². The van der Waals surface area contributed by atoms with E-state index < -0.39 is 46.9 Å². The van der Waals surface area contributed by atoms with Crippen LogP contribution in [0, 0.1) is 24.2 Å². The van der Waals surface area contributed by atoms with E-state index in [9.17, 15) is 22.4 Å². The van der Waals surface area contributed by atoms with E-state index in [1.807, 2.05) is 0 Å². The fourth-order valence-corrected chi connectivity index (χ4v) is 5.53. The fraction of sp³-hybridized carbons (Fsp3) is 0.348. The van der Waals surface area contributed by atoms with Crippen molar-refractivity contribution >= 4 is 34.7 Å². The molecule has 0 radical (unpaired) electrons. The third-order valence-electron chi connectivity index (χ3n) is 5.89. The quantitative estimate of drug-likeness (QED) is 0.312. The number of carbonyl (C=O) groups is 1. The maximum atomic E-state index is 14.9. The van der Waals surface area contributed by atoms with Gasteiger partial charge in [0.25, 0.3) is 6.43 Å². The Kier molecular flexibility index (Phi) is 6.90. The van der Waals surface area contributed by atoms with Gasteiger partial charge in [0.05, 0.1) is 24.5 Å². The average molecular weight is 521 g/mol. The van der Waals surface area contributed by atoms with Crippen molar-refractivity contribution in [1.29, 1.82) is 0 Å². The van der Waals surface area contributed by atoms with Crippen LogP contribution in [0.2, 0.25) is 0 Å². The molecule has 0 spiro atoms. The van der Waals surface area contributed by atoms with Crippen molar-refractivity contribution < 1.29 is 27.1 Å². The molecule has 4 rings (SSSR count). The molecule has 2 aromatic heterocycles. The number of amides is 1. The van der Waals surface area contributed by atoms with Crippen LogP contribution < -0.4 is 15.8 Å². The standard InChI is InChI=1S/C23H20F4N6O2S/c1-3-4-35-18-11-29-15(9-30-18)14(24)6-12-5-13(19(27)31-8-12)22(2)16-7-23(16,36-21(28)33-22)20(34)32-10-17(25)26/h1,5-6,8-9,11,16-17H,4,7,10H2,2H3,(H2,28,33)(H,32,34)/b14-6-/t16-,22+,23-/m0/s1. The van der Waals surface area contributed by atoms with Crippen molar-refractivity contribution in [2.75, 3.05) is 13.2 Å². The summed E-state index contributed by atoms with van der Waals surface area (Å²) in [6.45, 7) is 0.755. The number of hydrogen-bond donors (Lipinski definition) is 2. The van der Waals surface area contributed by atoms with Gasteiger partial charge in [-0.3, -0.25) is 9.79 Å². The van der Waals surface area contributed by atoms with E-state index in [-0.39, 0.29) is 40.9 Å². The highest BCUT2D eigenvalue weighted by Crippen LogP contribution is 2.66. The molecule has 1 saturated carbocycles. The van der Waals surface area contributed by atoms with E-state index in [0.717, 1.165) is 30.2 Å². The molecule has 36 heavy (non-hydrogen) atoms. The Morgan fingerprint density at radius 3 is 2.83 bits per heavy atom. The number of aliphatic imine (C=N–C) groups is 1. The summed E-state index contributed by atoms with van der Waals surface area (Å²) < 4.78 is 58.9. The van der Waals surface area contributed by atoms with E-state index >= 15 is 0 Å². The second-order valence-electron chi connectivity index (χ2n) is 8.28. The summed E-state index contributed by atoms with van der Waals surface area (Å²) in [7, 11) is 0. The molecule has 8 nitrogen and oxygen atoms in total. The van der Waals surface area contributed by atoms with Gasteiger partial charge in [-0.1, -0.05) is 17.7 Å². The number of pyridine rings is 1. The number of aromatic nitrogens is 3. The number of nitrogens with zero attached hydrogens (tertiary/aromatic N) is 4. The number of alkyl halides is 2. The number of halogens is 4. The summed E-state index contributed by atoms with van der Waals surface area (Å²) in [5.74, 6) is -0.411. The Balaban J connectivity index is 1.61. The molecule has 188 valence electrons. The third kappa shape index (κ3) is 4.86. The van der Waals surface area contributed by atoms with Crippen LogP contribution in [-0.2, 0) is 10.3 Å². The third-order valence-corrected chi connectivity index (χ3v) is 7.20. The van der Waals surface area contributed by atoms with Gasteiger partial charge in [0.2, 0.25) is 17.7 Å². The van der Waals surface area contributed by atoms with Gasteiger partial charge in [0.1, 0.15) is 10.4 Å². The van der Waals surface area contributed by atoms with Gasteiger partial charge in [-0.15, -0.1) is 6.42 Å². The van der Waals surface area contributed by atoms with Gasteiger partial charge < -0.3 is 15.8 Å². The topological polar surface area (TPSA) is 115 Å². The van der Waals surface area contributed by atoms with Gasteiger partial charge in [-0.2, -0.15) is 4.39 Å². The van der Waals surface area contributed by atoms with E-state index in [2.05, 4.69) is 31.2 Å².